The normalized spacial score (nSPS) is 10.1. The molecule has 0 spiro atoms. The van der Waals surface area contributed by atoms with Crippen molar-refractivity contribution in [1.82, 2.24) is 5.32 Å². The number of unbranched alkanes of at least 4 members (excludes halogenated alkanes) is 2. The van der Waals surface area contributed by atoms with Crippen LogP contribution in [0.4, 0.5) is 10.5 Å². The number of carbonyl (C=O) groups is 2. The van der Waals surface area contributed by atoms with Crippen molar-refractivity contribution in [3.8, 4) is 0 Å². The molecule has 21 heavy (non-hydrogen) atoms. The van der Waals surface area contributed by atoms with Crippen LogP contribution in [-0.4, -0.2) is 30.8 Å². The van der Waals surface area contributed by atoms with Crippen LogP contribution in [0.2, 0.25) is 0 Å². The van der Waals surface area contributed by atoms with Gasteiger partial charge in [-0.1, -0.05) is 18.6 Å². The summed E-state index contributed by atoms with van der Waals surface area (Å²) in [5, 5.41) is 14.0. The minimum absolute atomic E-state index is 0.179. The second kappa shape index (κ2) is 9.77. The lowest BCUT2D eigenvalue weighted by Gasteiger charge is -2.08. The molecule has 1 aromatic carbocycles. The van der Waals surface area contributed by atoms with Gasteiger partial charge in [0.1, 0.15) is 0 Å². The Morgan fingerprint density at radius 1 is 1.24 bits per heavy atom. The number of carboxylic acid groups (broad SMARTS) is 1. The molecule has 0 atom stereocenters. The van der Waals surface area contributed by atoms with Gasteiger partial charge in [0, 0.05) is 25.8 Å². The molecule has 0 aliphatic heterocycles. The molecule has 0 unspecified atom stereocenters. The Labute approximate surface area is 124 Å². The van der Waals surface area contributed by atoms with Crippen molar-refractivity contribution < 1.29 is 19.4 Å². The summed E-state index contributed by atoms with van der Waals surface area (Å²) in [6.07, 6.45) is 2.37. The van der Waals surface area contributed by atoms with E-state index in [2.05, 4.69) is 10.6 Å². The molecule has 6 nitrogen and oxygen atoms in total. The van der Waals surface area contributed by atoms with Crippen molar-refractivity contribution in [2.24, 2.45) is 0 Å². The second-order valence-corrected chi connectivity index (χ2v) is 4.72. The summed E-state index contributed by atoms with van der Waals surface area (Å²) in [4.78, 5) is 22.0. The van der Waals surface area contributed by atoms with Crippen molar-refractivity contribution in [2.45, 2.75) is 32.3 Å². The maximum Gasteiger partial charge on any atom is 0.319 e. The zero-order valence-electron chi connectivity index (χ0n) is 12.2. The number of urea groups is 1. The monoisotopic (exact) mass is 294 g/mol. The van der Waals surface area contributed by atoms with Crippen LogP contribution in [-0.2, 0) is 16.1 Å². The van der Waals surface area contributed by atoms with Crippen molar-refractivity contribution in [2.75, 3.05) is 19.0 Å². The van der Waals surface area contributed by atoms with Gasteiger partial charge in [0.25, 0.3) is 0 Å². The number of anilines is 1. The van der Waals surface area contributed by atoms with Gasteiger partial charge in [-0.25, -0.2) is 4.79 Å². The van der Waals surface area contributed by atoms with E-state index in [1.54, 1.807) is 7.11 Å². The first kappa shape index (κ1) is 17.0. The first-order chi connectivity index (χ1) is 10.1. The number of amides is 2. The van der Waals surface area contributed by atoms with Crippen LogP contribution in [0.1, 0.15) is 31.2 Å². The highest BCUT2D eigenvalue weighted by atomic mass is 16.5. The Balaban J connectivity index is 2.21. The van der Waals surface area contributed by atoms with E-state index in [1.807, 2.05) is 24.3 Å². The molecule has 0 aliphatic carbocycles. The predicted octanol–water partition coefficient (Wildman–Crippen LogP) is 2.60. The lowest BCUT2D eigenvalue weighted by molar-refractivity contribution is -0.137. The summed E-state index contributed by atoms with van der Waals surface area (Å²) in [7, 11) is 1.62. The Morgan fingerprint density at radius 3 is 2.76 bits per heavy atom. The minimum Gasteiger partial charge on any atom is -0.481 e. The average molecular weight is 294 g/mol. The van der Waals surface area contributed by atoms with Crippen LogP contribution in [0.5, 0.6) is 0 Å². The van der Waals surface area contributed by atoms with Gasteiger partial charge in [-0.2, -0.15) is 0 Å². The Bertz CT molecular complexity index is 463. The summed E-state index contributed by atoms with van der Waals surface area (Å²) in [6, 6.07) is 7.19. The van der Waals surface area contributed by atoms with Crippen LogP contribution >= 0.6 is 0 Å². The molecule has 0 aromatic heterocycles. The molecular formula is C15H22N2O4. The number of hydrogen-bond acceptors (Lipinski definition) is 3. The molecule has 0 heterocycles. The molecule has 6 heteroatoms. The number of carboxylic acids is 1. The Morgan fingerprint density at radius 2 is 2.05 bits per heavy atom. The molecule has 0 aliphatic rings. The molecule has 0 saturated carbocycles. The molecule has 3 N–H and O–H groups in total. The number of ether oxygens (including phenoxy) is 1. The van der Waals surface area contributed by atoms with Crippen molar-refractivity contribution in [1.29, 1.82) is 0 Å². The maximum absolute atomic E-state index is 11.7. The van der Waals surface area contributed by atoms with E-state index in [0.717, 1.165) is 18.4 Å². The summed E-state index contributed by atoms with van der Waals surface area (Å²) in [5.41, 5.74) is 1.71. The largest absolute Gasteiger partial charge is 0.481 e. The predicted molar refractivity (Wildman–Crippen MR) is 80.3 cm³/mol. The highest BCUT2D eigenvalue weighted by molar-refractivity contribution is 5.89. The number of aliphatic carboxylic acids is 1. The smallest absolute Gasteiger partial charge is 0.319 e. The topological polar surface area (TPSA) is 87.7 Å². The summed E-state index contributed by atoms with van der Waals surface area (Å²) in [5.74, 6) is -0.781. The van der Waals surface area contributed by atoms with E-state index in [0.29, 0.717) is 25.3 Å². The third-order valence-corrected chi connectivity index (χ3v) is 2.85. The number of carbonyl (C=O) groups excluding carboxylic acids is 1. The molecule has 0 fully saturated rings. The first-order valence-electron chi connectivity index (χ1n) is 6.96. The molecule has 1 rings (SSSR count). The summed E-state index contributed by atoms with van der Waals surface area (Å²) < 4.78 is 5.04. The lowest BCUT2D eigenvalue weighted by Crippen LogP contribution is -2.29. The highest BCUT2D eigenvalue weighted by Gasteiger charge is 2.02. The SMILES string of the molecule is COCc1cccc(NC(=O)NCCCCCC(=O)O)c1. The second-order valence-electron chi connectivity index (χ2n) is 4.72. The average Bonchev–Trinajstić information content (AvgIpc) is 2.43. The van der Waals surface area contributed by atoms with Crippen LogP contribution in [0.25, 0.3) is 0 Å². The van der Waals surface area contributed by atoms with E-state index in [9.17, 15) is 9.59 Å². The molecule has 2 amide bonds. The zero-order chi connectivity index (χ0) is 15.5. The molecular weight excluding hydrogens is 272 g/mol. The first-order valence-corrected chi connectivity index (χ1v) is 6.96. The van der Waals surface area contributed by atoms with Crippen LogP contribution < -0.4 is 10.6 Å². The van der Waals surface area contributed by atoms with Crippen LogP contribution in [0, 0.1) is 0 Å². The van der Waals surface area contributed by atoms with E-state index in [1.165, 1.54) is 0 Å². The summed E-state index contributed by atoms with van der Waals surface area (Å²) >= 11 is 0. The minimum atomic E-state index is -0.781. The fourth-order valence-corrected chi connectivity index (χ4v) is 1.86. The fourth-order valence-electron chi connectivity index (χ4n) is 1.86. The number of methoxy groups -OCH3 is 1. The Kier molecular flexibility index (Phi) is 7.89. The zero-order valence-corrected chi connectivity index (χ0v) is 12.2. The van der Waals surface area contributed by atoms with Crippen molar-refractivity contribution in [3.63, 3.8) is 0 Å². The lowest BCUT2D eigenvalue weighted by atomic mass is 10.2. The number of nitrogens with one attached hydrogen (secondary N) is 2. The van der Waals surface area contributed by atoms with Gasteiger partial charge >= 0.3 is 12.0 Å². The maximum atomic E-state index is 11.7. The van der Waals surface area contributed by atoms with Gasteiger partial charge in [-0.15, -0.1) is 0 Å². The van der Waals surface area contributed by atoms with E-state index in [-0.39, 0.29) is 12.5 Å². The van der Waals surface area contributed by atoms with Gasteiger partial charge in [0.15, 0.2) is 0 Å². The molecule has 0 bridgehead atoms. The molecule has 1 aromatic rings. The van der Waals surface area contributed by atoms with E-state index >= 15 is 0 Å². The standard InChI is InChI=1S/C15H22N2O4/c1-21-11-12-6-5-7-13(10-12)17-15(20)16-9-4-2-3-8-14(18)19/h5-7,10H,2-4,8-9,11H2,1H3,(H,18,19)(H2,16,17,20). The van der Waals surface area contributed by atoms with Gasteiger partial charge < -0.3 is 20.5 Å². The van der Waals surface area contributed by atoms with Gasteiger partial charge in [-0.3, -0.25) is 4.79 Å². The third kappa shape index (κ3) is 7.94. The van der Waals surface area contributed by atoms with Gasteiger partial charge in [-0.05, 0) is 30.5 Å². The number of rotatable bonds is 9. The van der Waals surface area contributed by atoms with Crippen LogP contribution in [0.3, 0.4) is 0 Å². The van der Waals surface area contributed by atoms with Gasteiger partial charge in [0.05, 0.1) is 6.61 Å². The quantitative estimate of drug-likeness (QED) is 0.611. The number of hydrogen-bond donors (Lipinski definition) is 3. The highest BCUT2D eigenvalue weighted by Crippen LogP contribution is 2.11. The molecule has 116 valence electrons. The van der Waals surface area contributed by atoms with Gasteiger partial charge in [0.2, 0.25) is 0 Å². The van der Waals surface area contributed by atoms with Crippen molar-refractivity contribution in [3.05, 3.63) is 29.8 Å². The van der Waals surface area contributed by atoms with Crippen molar-refractivity contribution >= 4 is 17.7 Å². The molecule has 0 saturated heterocycles. The van der Waals surface area contributed by atoms with Crippen LogP contribution in [0.15, 0.2) is 24.3 Å². The van der Waals surface area contributed by atoms with E-state index in [4.69, 9.17) is 9.84 Å². The fraction of sp³-hybridized carbons (Fsp3) is 0.467. The number of benzene rings is 1. The van der Waals surface area contributed by atoms with E-state index < -0.39 is 5.97 Å². The third-order valence-electron chi connectivity index (χ3n) is 2.85. The summed E-state index contributed by atoms with van der Waals surface area (Å²) in [6.45, 7) is 1.03. The molecule has 0 radical (unpaired) electrons. The Hall–Kier alpha value is -2.08.